The summed E-state index contributed by atoms with van der Waals surface area (Å²) in [6, 6.07) is 1.48. The summed E-state index contributed by atoms with van der Waals surface area (Å²) in [5.41, 5.74) is -0.613. The molecular formula is C22H26F3N5O3S. The zero-order valence-electron chi connectivity index (χ0n) is 18.7. The molecule has 1 N–H and O–H groups in total. The van der Waals surface area contributed by atoms with Crippen molar-refractivity contribution >= 4 is 39.4 Å². The number of aromatic nitrogens is 1. The Morgan fingerprint density at radius 3 is 2.47 bits per heavy atom. The lowest BCUT2D eigenvalue weighted by molar-refractivity contribution is -0.136. The molecule has 3 fully saturated rings. The van der Waals surface area contributed by atoms with E-state index >= 15 is 0 Å². The fraction of sp³-hybridized carbons (Fsp3) is 0.591. The second kappa shape index (κ2) is 8.88. The van der Waals surface area contributed by atoms with Crippen molar-refractivity contribution in [1.29, 1.82) is 0 Å². The number of carbonyl (C=O) groups excluding carboxylic acids is 2. The van der Waals surface area contributed by atoms with E-state index in [-0.39, 0.29) is 33.8 Å². The third-order valence-corrected chi connectivity index (χ3v) is 7.85. The minimum absolute atomic E-state index is 0.0512. The highest BCUT2D eigenvalue weighted by molar-refractivity contribution is 7.17. The number of thiophene rings is 1. The van der Waals surface area contributed by atoms with E-state index in [2.05, 4.69) is 15.2 Å². The summed E-state index contributed by atoms with van der Waals surface area (Å²) in [4.78, 5) is 34.8. The van der Waals surface area contributed by atoms with Gasteiger partial charge >= 0.3 is 12.3 Å². The van der Waals surface area contributed by atoms with Crippen molar-refractivity contribution in [2.45, 2.75) is 37.6 Å². The standard InChI is InChI=1S/C22H26F3N5O3S/c1-26-20(31)15-12-34-19-16(22(23,24)25)9-17(27-18(15)19)29-7-3-14(4-8-29)33-21(32)30-10-13(11-30)28-5-2-6-28/h9,12-14H,2-8,10-11H2,1H3,(H,26,31). The lowest BCUT2D eigenvalue weighted by atomic mass is 10.0. The fourth-order valence-corrected chi connectivity index (χ4v) is 5.65. The molecule has 34 heavy (non-hydrogen) atoms. The Balaban J connectivity index is 1.25. The predicted molar refractivity (Wildman–Crippen MR) is 121 cm³/mol. The van der Waals surface area contributed by atoms with Crippen molar-refractivity contribution in [3.05, 3.63) is 22.6 Å². The quantitative estimate of drug-likeness (QED) is 0.699. The Bertz CT molecular complexity index is 1090. The normalized spacial score (nSPS) is 20.2. The van der Waals surface area contributed by atoms with Crippen molar-refractivity contribution in [2.75, 3.05) is 51.2 Å². The number of hydrogen-bond donors (Lipinski definition) is 1. The van der Waals surface area contributed by atoms with Gasteiger partial charge in [0.1, 0.15) is 11.9 Å². The van der Waals surface area contributed by atoms with Crippen LogP contribution in [0.3, 0.4) is 0 Å². The van der Waals surface area contributed by atoms with E-state index in [0.29, 0.717) is 45.1 Å². The third-order valence-electron chi connectivity index (χ3n) is 6.85. The number of hydrogen-bond acceptors (Lipinski definition) is 7. The summed E-state index contributed by atoms with van der Waals surface area (Å²) in [5.74, 6) is -0.301. The molecule has 0 unspecified atom stereocenters. The van der Waals surface area contributed by atoms with Gasteiger partial charge in [0.15, 0.2) is 0 Å². The Morgan fingerprint density at radius 1 is 1.18 bits per heavy atom. The highest BCUT2D eigenvalue weighted by Crippen LogP contribution is 2.40. The van der Waals surface area contributed by atoms with Gasteiger partial charge in [0, 0.05) is 57.5 Å². The smallest absolute Gasteiger partial charge is 0.417 e. The minimum Gasteiger partial charge on any atom is -0.446 e. The van der Waals surface area contributed by atoms with Gasteiger partial charge in [-0.1, -0.05) is 0 Å². The molecule has 2 aromatic rings. The van der Waals surface area contributed by atoms with E-state index in [1.165, 1.54) is 18.8 Å². The molecule has 3 aliphatic rings. The second-order valence-electron chi connectivity index (χ2n) is 8.95. The number of anilines is 1. The molecule has 0 spiro atoms. The van der Waals surface area contributed by atoms with Crippen LogP contribution in [-0.2, 0) is 10.9 Å². The molecule has 0 radical (unpaired) electrons. The Kier molecular flexibility index (Phi) is 6.05. The van der Waals surface area contributed by atoms with Gasteiger partial charge in [0.25, 0.3) is 5.91 Å². The number of nitrogens with zero attached hydrogens (tertiary/aromatic N) is 4. The van der Waals surface area contributed by atoms with Crippen molar-refractivity contribution in [3.8, 4) is 0 Å². The summed E-state index contributed by atoms with van der Waals surface area (Å²) < 4.78 is 46.9. The van der Waals surface area contributed by atoms with Crippen LogP contribution in [0.2, 0.25) is 0 Å². The van der Waals surface area contributed by atoms with Crippen LogP contribution in [-0.4, -0.2) is 85.2 Å². The number of rotatable bonds is 4. The van der Waals surface area contributed by atoms with Crippen LogP contribution in [0.25, 0.3) is 10.2 Å². The molecular weight excluding hydrogens is 471 g/mol. The van der Waals surface area contributed by atoms with Crippen LogP contribution >= 0.6 is 11.3 Å². The van der Waals surface area contributed by atoms with Crippen LogP contribution in [0, 0.1) is 0 Å². The minimum atomic E-state index is -4.57. The lowest BCUT2D eigenvalue weighted by Crippen LogP contribution is -2.64. The first-order valence-electron chi connectivity index (χ1n) is 11.4. The highest BCUT2D eigenvalue weighted by atomic mass is 32.1. The van der Waals surface area contributed by atoms with Gasteiger partial charge in [0.2, 0.25) is 0 Å². The van der Waals surface area contributed by atoms with Crippen LogP contribution < -0.4 is 10.2 Å². The molecule has 0 aliphatic carbocycles. The van der Waals surface area contributed by atoms with Crippen LogP contribution in [0.1, 0.15) is 35.2 Å². The van der Waals surface area contributed by atoms with Crippen molar-refractivity contribution in [1.82, 2.24) is 20.1 Å². The maximum Gasteiger partial charge on any atom is 0.417 e. The molecule has 0 aromatic carbocycles. The zero-order valence-corrected chi connectivity index (χ0v) is 19.5. The van der Waals surface area contributed by atoms with Crippen LogP contribution in [0.15, 0.2) is 11.4 Å². The SMILES string of the molecule is CNC(=O)c1csc2c(C(F)(F)F)cc(N3CCC(OC(=O)N4CC(N5CCC5)C4)CC3)nc12. The number of halogens is 3. The van der Waals surface area contributed by atoms with Gasteiger partial charge in [-0.2, -0.15) is 13.2 Å². The second-order valence-corrected chi connectivity index (χ2v) is 9.83. The van der Waals surface area contributed by atoms with Gasteiger partial charge in [0.05, 0.1) is 21.3 Å². The summed E-state index contributed by atoms with van der Waals surface area (Å²) in [6.45, 7) is 4.38. The maximum atomic E-state index is 13.8. The number of nitrogens with one attached hydrogen (secondary N) is 1. The number of carbonyl (C=O) groups is 2. The van der Waals surface area contributed by atoms with Gasteiger partial charge in [-0.15, -0.1) is 11.3 Å². The van der Waals surface area contributed by atoms with Gasteiger partial charge in [-0.05, 0) is 25.6 Å². The maximum absolute atomic E-state index is 13.8. The Labute approximate surface area is 198 Å². The summed E-state index contributed by atoms with van der Waals surface area (Å²) in [7, 11) is 1.43. The number of piperidine rings is 1. The Hall–Kier alpha value is -2.60. The number of fused-ring (bicyclic) bond motifs is 1. The third kappa shape index (κ3) is 4.28. The zero-order chi connectivity index (χ0) is 24.0. The number of alkyl halides is 3. The van der Waals surface area contributed by atoms with E-state index < -0.39 is 17.6 Å². The monoisotopic (exact) mass is 497 g/mol. The number of amides is 2. The molecule has 0 bridgehead atoms. The first-order chi connectivity index (χ1) is 16.2. The molecule has 3 saturated heterocycles. The van der Waals surface area contributed by atoms with E-state index in [4.69, 9.17) is 4.74 Å². The highest BCUT2D eigenvalue weighted by Gasteiger charge is 2.39. The fourth-order valence-electron chi connectivity index (χ4n) is 4.62. The lowest BCUT2D eigenvalue weighted by Gasteiger charge is -2.48. The average Bonchev–Trinajstić information content (AvgIpc) is 3.17. The van der Waals surface area contributed by atoms with Crippen molar-refractivity contribution in [2.24, 2.45) is 0 Å². The topological polar surface area (TPSA) is 78.0 Å². The number of ether oxygens (including phenoxy) is 1. The molecule has 0 saturated carbocycles. The summed E-state index contributed by atoms with van der Waals surface area (Å²) >= 11 is 0.864. The van der Waals surface area contributed by atoms with E-state index in [0.717, 1.165) is 30.5 Å². The molecule has 2 amide bonds. The van der Waals surface area contributed by atoms with Crippen LogP contribution in [0.4, 0.5) is 23.8 Å². The van der Waals surface area contributed by atoms with Crippen molar-refractivity contribution < 1.29 is 27.5 Å². The van der Waals surface area contributed by atoms with E-state index in [9.17, 15) is 22.8 Å². The first-order valence-corrected chi connectivity index (χ1v) is 12.3. The molecule has 5 heterocycles. The first kappa shape index (κ1) is 23.2. The van der Waals surface area contributed by atoms with Gasteiger partial charge in [-0.25, -0.2) is 9.78 Å². The summed E-state index contributed by atoms with van der Waals surface area (Å²) in [5, 5.41) is 3.86. The molecule has 12 heteroatoms. The van der Waals surface area contributed by atoms with E-state index in [1.54, 1.807) is 9.80 Å². The van der Waals surface area contributed by atoms with Crippen molar-refractivity contribution in [3.63, 3.8) is 0 Å². The predicted octanol–water partition coefficient (Wildman–Crippen LogP) is 3.17. The molecule has 8 nitrogen and oxygen atoms in total. The molecule has 184 valence electrons. The molecule has 2 aromatic heterocycles. The van der Waals surface area contributed by atoms with Gasteiger partial charge in [-0.3, -0.25) is 9.69 Å². The largest absolute Gasteiger partial charge is 0.446 e. The molecule has 3 aliphatic heterocycles. The molecule has 0 atom stereocenters. The van der Waals surface area contributed by atoms with E-state index in [1.807, 2.05) is 0 Å². The number of likely N-dealkylation sites (tertiary alicyclic amines) is 2. The number of pyridine rings is 1. The summed E-state index contributed by atoms with van der Waals surface area (Å²) in [6.07, 6.45) is -2.95. The average molecular weight is 498 g/mol. The Morgan fingerprint density at radius 2 is 1.88 bits per heavy atom. The van der Waals surface area contributed by atoms with Gasteiger partial charge < -0.3 is 19.9 Å². The van der Waals surface area contributed by atoms with Crippen LogP contribution in [0.5, 0.6) is 0 Å². The molecule has 5 rings (SSSR count).